The number of carbonyl (C=O) groups is 1. The normalized spacial score (nSPS) is 17.9. The Morgan fingerprint density at radius 2 is 2.15 bits per heavy atom. The maximum Gasteiger partial charge on any atom is 0.407 e. The number of carboxylic acid groups (broad SMARTS) is 1. The van der Waals surface area contributed by atoms with Gasteiger partial charge in [-0.2, -0.15) is 5.10 Å². The van der Waals surface area contributed by atoms with E-state index in [0.717, 1.165) is 21.4 Å². The van der Waals surface area contributed by atoms with E-state index >= 15 is 0 Å². The number of fused-ring (bicyclic) bond motifs is 1. The van der Waals surface area contributed by atoms with Crippen molar-refractivity contribution in [2.24, 2.45) is 0 Å². The molecule has 6 nitrogen and oxygen atoms in total. The Kier molecular flexibility index (Phi) is 3.21. The van der Waals surface area contributed by atoms with Gasteiger partial charge in [-0.3, -0.25) is 14.6 Å². The lowest BCUT2D eigenvalue weighted by molar-refractivity contribution is 0.105. The molecule has 3 rings (SSSR count). The Labute approximate surface area is 124 Å². The first-order valence-corrected chi connectivity index (χ1v) is 7.02. The van der Waals surface area contributed by atoms with E-state index in [1.54, 1.807) is 12.4 Å². The average molecular weight is 337 g/mol. The van der Waals surface area contributed by atoms with Crippen molar-refractivity contribution in [1.82, 2.24) is 19.7 Å². The summed E-state index contributed by atoms with van der Waals surface area (Å²) in [6.07, 6.45) is 2.53. The van der Waals surface area contributed by atoms with Crippen molar-refractivity contribution in [3.63, 3.8) is 0 Å². The number of rotatable bonds is 1. The van der Waals surface area contributed by atoms with Gasteiger partial charge in [-0.25, -0.2) is 4.79 Å². The summed E-state index contributed by atoms with van der Waals surface area (Å²) < 4.78 is 2.61. The number of amides is 1. The van der Waals surface area contributed by atoms with Crippen LogP contribution in [0.1, 0.15) is 12.6 Å². The number of aromatic nitrogens is 3. The van der Waals surface area contributed by atoms with Crippen LogP contribution in [0.4, 0.5) is 4.79 Å². The Balaban J connectivity index is 2.10. The summed E-state index contributed by atoms with van der Waals surface area (Å²) in [5.41, 5.74) is 2.82. The lowest BCUT2D eigenvalue weighted by Crippen LogP contribution is -2.44. The van der Waals surface area contributed by atoms with Gasteiger partial charge in [0.25, 0.3) is 0 Å². The summed E-state index contributed by atoms with van der Waals surface area (Å²) in [5.74, 6) is 0. The number of nitrogens with zero attached hydrogens (tertiary/aromatic N) is 4. The first-order chi connectivity index (χ1) is 9.58. The predicted octanol–water partition coefficient (Wildman–Crippen LogP) is 2.59. The van der Waals surface area contributed by atoms with E-state index in [2.05, 4.69) is 26.0 Å². The van der Waals surface area contributed by atoms with E-state index in [1.165, 1.54) is 4.90 Å². The molecule has 1 N–H and O–H groups in total. The van der Waals surface area contributed by atoms with Gasteiger partial charge in [-0.1, -0.05) is 0 Å². The predicted molar refractivity (Wildman–Crippen MR) is 76.2 cm³/mol. The average Bonchev–Trinajstić information content (AvgIpc) is 2.73. The van der Waals surface area contributed by atoms with Crippen LogP contribution in [0.5, 0.6) is 0 Å². The minimum Gasteiger partial charge on any atom is -0.465 e. The second kappa shape index (κ2) is 4.90. The third-order valence-electron chi connectivity index (χ3n) is 3.52. The molecule has 7 heteroatoms. The highest BCUT2D eigenvalue weighted by molar-refractivity contribution is 9.10. The molecule has 0 unspecified atom stereocenters. The highest BCUT2D eigenvalue weighted by atomic mass is 79.9. The molecular formula is C13H13BrN4O2. The van der Waals surface area contributed by atoms with Crippen LogP contribution in [0.25, 0.3) is 11.1 Å². The van der Waals surface area contributed by atoms with Crippen molar-refractivity contribution in [2.75, 3.05) is 0 Å². The maximum atomic E-state index is 11.3. The monoisotopic (exact) mass is 336 g/mol. The molecule has 1 aliphatic heterocycles. The fraction of sp³-hybridized carbons (Fsp3) is 0.308. The van der Waals surface area contributed by atoms with Gasteiger partial charge in [0.2, 0.25) is 0 Å². The summed E-state index contributed by atoms with van der Waals surface area (Å²) in [7, 11) is 0. The van der Waals surface area contributed by atoms with Crippen molar-refractivity contribution in [1.29, 1.82) is 0 Å². The van der Waals surface area contributed by atoms with Crippen LogP contribution in [0.15, 0.2) is 29.1 Å². The topological polar surface area (TPSA) is 71.2 Å². The van der Waals surface area contributed by atoms with Crippen LogP contribution in [-0.2, 0) is 13.1 Å². The van der Waals surface area contributed by atoms with Crippen molar-refractivity contribution in [3.05, 3.63) is 34.8 Å². The van der Waals surface area contributed by atoms with E-state index in [0.29, 0.717) is 13.1 Å². The summed E-state index contributed by atoms with van der Waals surface area (Å²) in [6.45, 7) is 2.79. The lowest BCUT2D eigenvalue weighted by atomic mass is 10.1. The minimum absolute atomic E-state index is 0.0860. The molecule has 0 radical (unpaired) electrons. The molecule has 3 heterocycles. The first-order valence-electron chi connectivity index (χ1n) is 6.23. The fourth-order valence-corrected chi connectivity index (χ4v) is 3.15. The largest absolute Gasteiger partial charge is 0.465 e. The minimum atomic E-state index is -0.901. The zero-order valence-electron chi connectivity index (χ0n) is 10.8. The van der Waals surface area contributed by atoms with E-state index in [1.807, 2.05) is 23.7 Å². The number of pyridine rings is 1. The molecule has 0 saturated carbocycles. The van der Waals surface area contributed by atoms with Crippen LogP contribution < -0.4 is 0 Å². The zero-order chi connectivity index (χ0) is 14.3. The molecule has 0 fully saturated rings. The van der Waals surface area contributed by atoms with E-state index in [-0.39, 0.29) is 6.04 Å². The highest BCUT2D eigenvalue weighted by Crippen LogP contribution is 2.34. The van der Waals surface area contributed by atoms with Crippen LogP contribution in [-0.4, -0.2) is 36.9 Å². The van der Waals surface area contributed by atoms with Crippen LogP contribution in [0.3, 0.4) is 0 Å². The molecule has 20 heavy (non-hydrogen) atoms. The molecule has 1 atom stereocenters. The molecule has 2 aromatic heterocycles. The molecule has 0 aromatic carbocycles. The van der Waals surface area contributed by atoms with Gasteiger partial charge in [-0.05, 0) is 40.5 Å². The van der Waals surface area contributed by atoms with E-state index in [9.17, 15) is 9.90 Å². The van der Waals surface area contributed by atoms with Gasteiger partial charge in [0.15, 0.2) is 0 Å². The number of hydrogen-bond acceptors (Lipinski definition) is 3. The molecule has 0 spiro atoms. The molecular weight excluding hydrogens is 324 g/mol. The third kappa shape index (κ3) is 2.07. The Bertz CT molecular complexity index is 656. The van der Waals surface area contributed by atoms with Gasteiger partial charge in [0.1, 0.15) is 4.60 Å². The van der Waals surface area contributed by atoms with Crippen molar-refractivity contribution < 1.29 is 9.90 Å². The third-order valence-corrected chi connectivity index (χ3v) is 4.07. The van der Waals surface area contributed by atoms with Crippen LogP contribution >= 0.6 is 15.9 Å². The molecule has 2 aromatic rings. The Hall–Kier alpha value is -1.89. The molecule has 1 aliphatic rings. The Morgan fingerprint density at radius 1 is 1.45 bits per heavy atom. The molecule has 104 valence electrons. The summed E-state index contributed by atoms with van der Waals surface area (Å²) in [5, 5.41) is 13.7. The van der Waals surface area contributed by atoms with Gasteiger partial charge in [0.05, 0.1) is 24.8 Å². The second-order valence-electron chi connectivity index (χ2n) is 4.79. The van der Waals surface area contributed by atoms with Crippen molar-refractivity contribution in [3.8, 4) is 11.1 Å². The fourth-order valence-electron chi connectivity index (χ4n) is 2.50. The van der Waals surface area contributed by atoms with Gasteiger partial charge in [0, 0.05) is 18.0 Å². The number of hydrogen-bond donors (Lipinski definition) is 1. The first kappa shape index (κ1) is 13.1. The summed E-state index contributed by atoms with van der Waals surface area (Å²) >= 11 is 3.47. The van der Waals surface area contributed by atoms with E-state index in [4.69, 9.17) is 0 Å². The molecule has 0 saturated heterocycles. The quantitative estimate of drug-likeness (QED) is 0.868. The molecule has 0 bridgehead atoms. The summed E-state index contributed by atoms with van der Waals surface area (Å²) in [4.78, 5) is 16.7. The molecule has 0 aliphatic carbocycles. The SMILES string of the molecule is C[C@H]1Cn2nc(Br)c(-c3ccncc3)c2CN1C(=O)O. The van der Waals surface area contributed by atoms with Crippen molar-refractivity contribution >= 4 is 22.0 Å². The zero-order valence-corrected chi connectivity index (χ0v) is 12.4. The number of halogens is 1. The van der Waals surface area contributed by atoms with Crippen molar-refractivity contribution in [2.45, 2.75) is 26.1 Å². The second-order valence-corrected chi connectivity index (χ2v) is 5.54. The van der Waals surface area contributed by atoms with Gasteiger partial charge in [-0.15, -0.1) is 0 Å². The standard InChI is InChI=1S/C13H13BrN4O2/c1-8-6-18-10(7-17(8)13(19)20)11(12(14)16-18)9-2-4-15-5-3-9/h2-5,8H,6-7H2,1H3,(H,19,20)/t8-/m0/s1. The lowest BCUT2D eigenvalue weighted by Gasteiger charge is -2.32. The maximum absolute atomic E-state index is 11.3. The van der Waals surface area contributed by atoms with Gasteiger partial charge >= 0.3 is 6.09 Å². The van der Waals surface area contributed by atoms with E-state index < -0.39 is 6.09 Å². The smallest absolute Gasteiger partial charge is 0.407 e. The molecule has 1 amide bonds. The Morgan fingerprint density at radius 3 is 2.80 bits per heavy atom. The summed E-state index contributed by atoms with van der Waals surface area (Å²) in [6, 6.07) is 3.70. The van der Waals surface area contributed by atoms with Crippen LogP contribution in [0, 0.1) is 0 Å². The van der Waals surface area contributed by atoms with Gasteiger partial charge < -0.3 is 5.11 Å². The highest BCUT2D eigenvalue weighted by Gasteiger charge is 2.30. The van der Waals surface area contributed by atoms with Crippen LogP contribution in [0.2, 0.25) is 0 Å².